The Hall–Kier alpha value is -4.10. The Labute approximate surface area is 268 Å². The highest BCUT2D eigenvalue weighted by atomic mass is 79.9. The third kappa shape index (κ3) is 6.50. The first kappa shape index (κ1) is 30.9. The second kappa shape index (κ2) is 12.7. The van der Waals surface area contributed by atoms with Crippen molar-refractivity contribution in [2.45, 2.75) is 64.6 Å². The molecule has 3 aromatic rings. The summed E-state index contributed by atoms with van der Waals surface area (Å²) >= 11 is 3.36. The van der Waals surface area contributed by atoms with E-state index in [0.717, 1.165) is 24.8 Å². The van der Waals surface area contributed by atoms with Crippen LogP contribution in [0.15, 0.2) is 47.1 Å². The highest BCUT2D eigenvalue weighted by Gasteiger charge is 2.67. The number of carbonyl (C=O) groups is 4. The van der Waals surface area contributed by atoms with Crippen molar-refractivity contribution < 1.29 is 28.7 Å². The minimum Gasteiger partial charge on any atom is -0.449 e. The number of Topliss-reactive ketones (excluding diaryl/α,β-unsaturated/α-hetero) is 1. The molecule has 1 aromatic carbocycles. The van der Waals surface area contributed by atoms with Gasteiger partial charge >= 0.3 is 6.09 Å². The van der Waals surface area contributed by atoms with Crippen LogP contribution in [0.4, 0.5) is 16.3 Å². The molecule has 236 valence electrons. The Kier molecular flexibility index (Phi) is 8.74. The molecule has 3 atom stereocenters. The van der Waals surface area contributed by atoms with Gasteiger partial charge in [-0.15, -0.1) is 0 Å². The number of nitrogens with one attached hydrogen (secondary N) is 2. The number of piperidine rings is 1. The lowest BCUT2D eigenvalue weighted by atomic mass is 10.00. The minimum atomic E-state index is -0.741. The molecule has 2 fully saturated rings. The maximum Gasteiger partial charge on any atom is 0.411 e. The average Bonchev–Trinajstić information content (AvgIpc) is 3.42. The lowest BCUT2D eigenvalue weighted by Gasteiger charge is -2.27. The summed E-state index contributed by atoms with van der Waals surface area (Å²) in [5, 5.41) is 10.7. The number of cyclic esters (lactones) is 1. The quantitative estimate of drug-likeness (QED) is 0.224. The van der Waals surface area contributed by atoms with E-state index in [4.69, 9.17) is 9.47 Å². The van der Waals surface area contributed by atoms with Crippen LogP contribution in [0.5, 0.6) is 0 Å². The van der Waals surface area contributed by atoms with Crippen molar-refractivity contribution >= 4 is 62.0 Å². The van der Waals surface area contributed by atoms with Crippen LogP contribution in [0.1, 0.15) is 55.1 Å². The average molecular weight is 680 g/mol. The van der Waals surface area contributed by atoms with Gasteiger partial charge in [-0.3, -0.25) is 24.4 Å². The lowest BCUT2D eigenvalue weighted by molar-refractivity contribution is -0.138. The summed E-state index contributed by atoms with van der Waals surface area (Å²) in [6.07, 6.45) is 7.01. The monoisotopic (exact) mass is 678 g/mol. The maximum absolute atomic E-state index is 14.1. The van der Waals surface area contributed by atoms with Crippen LogP contribution in [-0.4, -0.2) is 75.3 Å². The van der Waals surface area contributed by atoms with Gasteiger partial charge in [0.15, 0.2) is 5.78 Å². The van der Waals surface area contributed by atoms with Gasteiger partial charge in [-0.1, -0.05) is 18.2 Å². The van der Waals surface area contributed by atoms with Crippen LogP contribution in [0.3, 0.4) is 0 Å². The Morgan fingerprint density at radius 3 is 2.80 bits per heavy atom. The van der Waals surface area contributed by atoms with E-state index in [1.54, 1.807) is 29.2 Å². The Morgan fingerprint density at radius 2 is 1.98 bits per heavy atom. The highest BCUT2D eigenvalue weighted by Crippen LogP contribution is 2.60. The van der Waals surface area contributed by atoms with Crippen molar-refractivity contribution in [2.75, 3.05) is 30.5 Å². The third-order valence-corrected chi connectivity index (χ3v) is 9.14. The van der Waals surface area contributed by atoms with Crippen molar-refractivity contribution in [1.29, 1.82) is 0 Å². The van der Waals surface area contributed by atoms with Gasteiger partial charge in [0.2, 0.25) is 11.8 Å². The molecule has 0 unspecified atom stereocenters. The van der Waals surface area contributed by atoms with Gasteiger partial charge in [-0.2, -0.15) is 5.10 Å². The van der Waals surface area contributed by atoms with Gasteiger partial charge in [0, 0.05) is 29.5 Å². The molecule has 12 nitrogen and oxygen atoms in total. The number of rotatable bonds is 3. The smallest absolute Gasteiger partial charge is 0.411 e. The molecule has 0 radical (unpaired) electrons. The number of aromatic nitrogens is 3. The first-order valence-corrected chi connectivity index (χ1v) is 15.9. The predicted octanol–water partition coefficient (Wildman–Crippen LogP) is 5.01. The summed E-state index contributed by atoms with van der Waals surface area (Å²) in [6, 6.07) is 7.77. The summed E-state index contributed by atoms with van der Waals surface area (Å²) in [6.45, 7) is 4.20. The molecular weight excluding hydrogens is 644 g/mol. The molecule has 4 bridgehead atoms. The summed E-state index contributed by atoms with van der Waals surface area (Å²) in [4.78, 5) is 58.9. The number of hydrogen-bond donors (Lipinski definition) is 2. The van der Waals surface area contributed by atoms with E-state index >= 15 is 0 Å². The molecule has 2 aromatic heterocycles. The number of amides is 3. The first-order valence-electron chi connectivity index (χ1n) is 15.1. The number of nitrogens with zero attached hydrogens (tertiary/aromatic N) is 4. The second-order valence-corrected chi connectivity index (χ2v) is 12.7. The van der Waals surface area contributed by atoms with Gasteiger partial charge in [0.1, 0.15) is 28.7 Å². The van der Waals surface area contributed by atoms with E-state index in [1.165, 1.54) is 11.6 Å². The normalized spacial score (nSPS) is 24.0. The second-order valence-electron chi connectivity index (χ2n) is 11.9. The summed E-state index contributed by atoms with van der Waals surface area (Å²) in [7, 11) is 0. The number of aryl methyl sites for hydroxylation is 1. The number of ketones is 1. The van der Waals surface area contributed by atoms with E-state index in [-0.39, 0.29) is 47.9 Å². The number of ether oxygens (including phenoxy) is 2. The van der Waals surface area contributed by atoms with Crippen molar-refractivity contribution in [2.24, 2.45) is 5.41 Å². The van der Waals surface area contributed by atoms with E-state index in [1.807, 2.05) is 25.1 Å². The van der Waals surface area contributed by atoms with Crippen molar-refractivity contribution in [3.05, 3.63) is 58.3 Å². The Morgan fingerprint density at radius 1 is 1.13 bits per heavy atom. The van der Waals surface area contributed by atoms with Crippen LogP contribution >= 0.6 is 15.9 Å². The van der Waals surface area contributed by atoms with E-state index in [2.05, 4.69) is 36.6 Å². The fraction of sp³-hybridized carbons (Fsp3) is 0.438. The predicted molar refractivity (Wildman–Crippen MR) is 170 cm³/mol. The topological polar surface area (TPSA) is 145 Å². The molecule has 1 aliphatic carbocycles. The number of fused-ring (bicyclic) bond motifs is 1. The number of pyridine rings is 1. The molecule has 2 N–H and O–H groups in total. The number of benzene rings is 1. The zero-order valence-corrected chi connectivity index (χ0v) is 26.8. The van der Waals surface area contributed by atoms with Gasteiger partial charge < -0.3 is 19.7 Å². The Balaban J connectivity index is 1.33. The minimum absolute atomic E-state index is 0.170. The molecule has 0 spiro atoms. The fourth-order valence-corrected chi connectivity index (χ4v) is 6.60. The molecule has 3 aliphatic rings. The molecule has 3 amide bonds. The van der Waals surface area contributed by atoms with E-state index < -0.39 is 12.1 Å². The molecule has 6 rings (SSSR count). The van der Waals surface area contributed by atoms with Gasteiger partial charge in [-0.25, -0.2) is 9.78 Å². The SMILES string of the molecule is CC(=O)c1nn2c3cc(ccc13)NC(=O)OCCCCC=CCOC[C@@]13C[C@@H](C(=O)Nc4nc(Br)ccc4C)N(C(=O)C2)[C@@H]1C3. The standard InChI is InChI=1S/C32H35BrN6O6/c1-19-8-11-26(33)35-29(19)36-30(42)24-15-32-16-25(32)39(24)27(41)17-38-23-14-21(9-10-22(23)28(37-38)20(2)40)34-31(43)45-13-7-5-3-4-6-12-44-18-32/h4,6,8-11,14,24-25H,3,5,7,12-13,15-18H2,1-2H3,(H,34,43)(H,35,36,42)/t24-,25+,32-/m0/s1. The summed E-state index contributed by atoms with van der Waals surface area (Å²) in [5.74, 6) is -0.455. The largest absolute Gasteiger partial charge is 0.449 e. The van der Waals surface area contributed by atoms with Gasteiger partial charge in [0.25, 0.3) is 0 Å². The summed E-state index contributed by atoms with van der Waals surface area (Å²) in [5.41, 5.74) is 1.64. The zero-order valence-electron chi connectivity index (χ0n) is 25.2. The number of halogens is 1. The van der Waals surface area contributed by atoms with E-state index in [0.29, 0.717) is 53.1 Å². The molecule has 45 heavy (non-hydrogen) atoms. The first-order chi connectivity index (χ1) is 21.6. The van der Waals surface area contributed by atoms with Crippen LogP contribution in [0.2, 0.25) is 0 Å². The number of anilines is 2. The lowest BCUT2D eigenvalue weighted by Crippen LogP contribution is -2.47. The van der Waals surface area contributed by atoms with Crippen molar-refractivity contribution in [1.82, 2.24) is 19.7 Å². The van der Waals surface area contributed by atoms with E-state index in [9.17, 15) is 19.2 Å². The Bertz CT molecular complexity index is 1700. The fourth-order valence-electron chi connectivity index (χ4n) is 6.29. The third-order valence-electron chi connectivity index (χ3n) is 8.70. The molecule has 4 heterocycles. The van der Waals surface area contributed by atoms with Crippen LogP contribution in [0, 0.1) is 12.3 Å². The molecule has 1 saturated carbocycles. The number of allylic oxidation sites excluding steroid dienone is 1. The number of hydrogen-bond acceptors (Lipinski definition) is 8. The van der Waals surface area contributed by atoms with Crippen molar-refractivity contribution in [3.63, 3.8) is 0 Å². The van der Waals surface area contributed by atoms with Crippen LogP contribution in [0.25, 0.3) is 10.9 Å². The molecule has 2 aliphatic heterocycles. The van der Waals surface area contributed by atoms with Gasteiger partial charge in [-0.05, 0) is 84.8 Å². The van der Waals surface area contributed by atoms with Crippen LogP contribution < -0.4 is 10.6 Å². The number of carbonyl (C=O) groups excluding carboxylic acids is 4. The molecular formula is C32H35BrN6O6. The van der Waals surface area contributed by atoms with Crippen LogP contribution in [-0.2, 0) is 25.6 Å². The molecule has 1 saturated heterocycles. The molecule has 13 heteroatoms. The summed E-state index contributed by atoms with van der Waals surface area (Å²) < 4.78 is 13.4. The van der Waals surface area contributed by atoms with Gasteiger partial charge in [0.05, 0.1) is 25.3 Å². The maximum atomic E-state index is 14.1. The zero-order chi connectivity index (χ0) is 31.7. The van der Waals surface area contributed by atoms with Crippen molar-refractivity contribution in [3.8, 4) is 0 Å². The highest BCUT2D eigenvalue weighted by molar-refractivity contribution is 9.10.